The first kappa shape index (κ1) is 17.9. The van der Waals surface area contributed by atoms with Gasteiger partial charge in [0.2, 0.25) is 17.7 Å². The second kappa shape index (κ2) is 8.40. The van der Waals surface area contributed by atoms with Crippen molar-refractivity contribution in [3.8, 4) is 0 Å². The van der Waals surface area contributed by atoms with Crippen LogP contribution in [0.5, 0.6) is 0 Å². The number of carbonyl (C=O) groups excluding carboxylic acids is 1. The van der Waals surface area contributed by atoms with Gasteiger partial charge in [0.15, 0.2) is 0 Å². The van der Waals surface area contributed by atoms with Gasteiger partial charge in [-0.1, -0.05) is 13.8 Å². The first-order valence-electron chi connectivity index (χ1n) is 8.26. The second-order valence-corrected chi connectivity index (χ2v) is 6.40. The van der Waals surface area contributed by atoms with Crippen molar-refractivity contribution >= 4 is 5.91 Å². The Kier molecular flexibility index (Phi) is 6.53. The molecule has 0 aromatic carbocycles. The smallest absolute Gasteiger partial charge is 0.241 e. The van der Waals surface area contributed by atoms with Crippen molar-refractivity contribution in [3.63, 3.8) is 0 Å². The molecule has 1 amide bonds. The van der Waals surface area contributed by atoms with Gasteiger partial charge in [-0.25, -0.2) is 0 Å². The Labute approximate surface area is 137 Å². The van der Waals surface area contributed by atoms with Gasteiger partial charge in [0.05, 0.1) is 32.3 Å². The van der Waals surface area contributed by atoms with Crippen molar-refractivity contribution in [1.29, 1.82) is 0 Å². The van der Waals surface area contributed by atoms with Crippen LogP contribution in [0.2, 0.25) is 0 Å². The van der Waals surface area contributed by atoms with Crippen molar-refractivity contribution in [2.45, 2.75) is 52.7 Å². The summed E-state index contributed by atoms with van der Waals surface area (Å²) in [5.74, 6) is 1.55. The van der Waals surface area contributed by atoms with E-state index in [1.54, 1.807) is 11.8 Å². The summed E-state index contributed by atoms with van der Waals surface area (Å²) >= 11 is 0. The molecule has 2 atom stereocenters. The summed E-state index contributed by atoms with van der Waals surface area (Å²) in [6.45, 7) is 9.98. The van der Waals surface area contributed by atoms with Gasteiger partial charge in [-0.15, -0.1) is 10.2 Å². The molecule has 23 heavy (non-hydrogen) atoms. The van der Waals surface area contributed by atoms with Gasteiger partial charge in [-0.3, -0.25) is 4.79 Å². The lowest BCUT2D eigenvalue weighted by atomic mass is 10.1. The molecule has 1 aromatic rings. The molecule has 0 aliphatic carbocycles. The number of amides is 1. The number of hydrogen-bond acceptors (Lipinski definition) is 6. The van der Waals surface area contributed by atoms with E-state index in [9.17, 15) is 4.79 Å². The highest BCUT2D eigenvalue weighted by Crippen LogP contribution is 2.24. The number of rotatable bonds is 7. The Morgan fingerprint density at radius 2 is 2.17 bits per heavy atom. The predicted octanol–water partition coefficient (Wildman–Crippen LogP) is 2.12. The molecule has 0 N–H and O–H groups in total. The maximum Gasteiger partial charge on any atom is 0.241 e. The fraction of sp³-hybridized carbons (Fsp3) is 0.812. The van der Waals surface area contributed by atoms with Crippen molar-refractivity contribution < 1.29 is 18.7 Å². The third-order valence-corrected chi connectivity index (χ3v) is 3.80. The lowest BCUT2D eigenvalue weighted by Crippen LogP contribution is -2.44. The lowest BCUT2D eigenvalue weighted by Gasteiger charge is -2.33. The average Bonchev–Trinajstić information content (AvgIpc) is 2.93. The minimum atomic E-state index is -0.300. The SMILES string of the molecule is Cc1nnc(C2COCCN2C(=O)CCOC(C)CC(C)C)o1. The molecular formula is C16H27N3O4. The van der Waals surface area contributed by atoms with Gasteiger partial charge in [-0.2, -0.15) is 0 Å². The molecule has 2 rings (SSSR count). The summed E-state index contributed by atoms with van der Waals surface area (Å²) in [6.07, 6.45) is 1.52. The molecule has 2 heterocycles. The van der Waals surface area contributed by atoms with Crippen LogP contribution in [0.1, 0.15) is 51.4 Å². The summed E-state index contributed by atoms with van der Waals surface area (Å²) < 4.78 is 16.7. The van der Waals surface area contributed by atoms with E-state index in [1.165, 1.54) is 0 Å². The predicted molar refractivity (Wildman–Crippen MR) is 83.8 cm³/mol. The van der Waals surface area contributed by atoms with Gasteiger partial charge in [0.25, 0.3) is 0 Å². The highest BCUT2D eigenvalue weighted by Gasteiger charge is 2.32. The molecule has 1 aromatic heterocycles. The van der Waals surface area contributed by atoms with E-state index in [1.807, 2.05) is 6.92 Å². The number of ether oxygens (including phenoxy) is 2. The van der Waals surface area contributed by atoms with Crippen molar-refractivity contribution in [2.75, 3.05) is 26.4 Å². The van der Waals surface area contributed by atoms with Gasteiger partial charge < -0.3 is 18.8 Å². The van der Waals surface area contributed by atoms with Gasteiger partial charge in [-0.05, 0) is 19.3 Å². The zero-order chi connectivity index (χ0) is 16.8. The number of carbonyl (C=O) groups is 1. The molecule has 1 fully saturated rings. The molecular weight excluding hydrogens is 298 g/mol. The molecule has 0 radical (unpaired) electrons. The minimum Gasteiger partial charge on any atom is -0.423 e. The van der Waals surface area contributed by atoms with Crippen LogP contribution in [-0.2, 0) is 14.3 Å². The van der Waals surface area contributed by atoms with Gasteiger partial charge in [0.1, 0.15) is 6.04 Å². The van der Waals surface area contributed by atoms with E-state index >= 15 is 0 Å². The van der Waals surface area contributed by atoms with Crippen molar-refractivity contribution in [1.82, 2.24) is 15.1 Å². The normalized spacial score (nSPS) is 20.0. The molecule has 0 saturated carbocycles. The fourth-order valence-corrected chi connectivity index (χ4v) is 2.78. The summed E-state index contributed by atoms with van der Waals surface area (Å²) in [6, 6.07) is -0.300. The third-order valence-electron chi connectivity index (χ3n) is 3.80. The lowest BCUT2D eigenvalue weighted by molar-refractivity contribution is -0.142. The Balaban J connectivity index is 1.86. The van der Waals surface area contributed by atoms with Crippen molar-refractivity contribution in [2.24, 2.45) is 5.92 Å². The maximum atomic E-state index is 12.5. The molecule has 130 valence electrons. The maximum absolute atomic E-state index is 12.5. The zero-order valence-corrected chi connectivity index (χ0v) is 14.4. The van der Waals surface area contributed by atoms with E-state index in [2.05, 4.69) is 24.0 Å². The number of hydrogen-bond donors (Lipinski definition) is 0. The van der Waals surface area contributed by atoms with E-state index in [0.717, 1.165) is 6.42 Å². The van der Waals surface area contributed by atoms with E-state index < -0.39 is 0 Å². The van der Waals surface area contributed by atoms with Crippen molar-refractivity contribution in [3.05, 3.63) is 11.8 Å². The molecule has 1 saturated heterocycles. The largest absolute Gasteiger partial charge is 0.423 e. The summed E-state index contributed by atoms with van der Waals surface area (Å²) in [4.78, 5) is 14.2. The van der Waals surface area contributed by atoms with Crippen LogP contribution < -0.4 is 0 Å². The van der Waals surface area contributed by atoms with E-state index in [0.29, 0.717) is 50.5 Å². The standard InChI is InChI=1S/C16H27N3O4/c1-11(2)9-12(3)22-7-5-15(20)19-6-8-21-10-14(19)16-18-17-13(4)23-16/h11-12,14H,5-10H2,1-4H3. The first-order valence-corrected chi connectivity index (χ1v) is 8.26. The minimum absolute atomic E-state index is 0.0332. The number of nitrogens with zero attached hydrogens (tertiary/aromatic N) is 3. The molecule has 1 aliphatic rings. The monoisotopic (exact) mass is 325 g/mol. The summed E-state index contributed by atoms with van der Waals surface area (Å²) in [5.41, 5.74) is 0. The fourth-order valence-electron chi connectivity index (χ4n) is 2.78. The molecule has 0 spiro atoms. The highest BCUT2D eigenvalue weighted by atomic mass is 16.5. The average molecular weight is 325 g/mol. The Hall–Kier alpha value is -1.47. The summed E-state index contributed by atoms with van der Waals surface area (Å²) in [5, 5.41) is 7.86. The molecule has 7 heteroatoms. The molecule has 7 nitrogen and oxygen atoms in total. The highest BCUT2D eigenvalue weighted by molar-refractivity contribution is 5.76. The van der Waals surface area contributed by atoms with Gasteiger partial charge in [0, 0.05) is 13.5 Å². The number of aryl methyl sites for hydroxylation is 1. The van der Waals surface area contributed by atoms with Gasteiger partial charge >= 0.3 is 0 Å². The zero-order valence-electron chi connectivity index (χ0n) is 14.4. The van der Waals surface area contributed by atoms with E-state index in [4.69, 9.17) is 13.9 Å². The molecule has 0 bridgehead atoms. The van der Waals surface area contributed by atoms with Crippen LogP contribution in [0.3, 0.4) is 0 Å². The Bertz CT molecular complexity index is 503. The number of morpholine rings is 1. The van der Waals surface area contributed by atoms with Crippen LogP contribution in [0.15, 0.2) is 4.42 Å². The van der Waals surface area contributed by atoms with Crippen LogP contribution in [-0.4, -0.2) is 53.5 Å². The molecule has 1 aliphatic heterocycles. The molecule has 2 unspecified atom stereocenters. The van der Waals surface area contributed by atoms with E-state index in [-0.39, 0.29) is 18.1 Å². The van der Waals surface area contributed by atoms with Crippen LogP contribution >= 0.6 is 0 Å². The Morgan fingerprint density at radius 1 is 1.39 bits per heavy atom. The topological polar surface area (TPSA) is 77.7 Å². The van der Waals surface area contributed by atoms with Crippen LogP contribution in [0, 0.1) is 12.8 Å². The van der Waals surface area contributed by atoms with Crippen LogP contribution in [0.4, 0.5) is 0 Å². The summed E-state index contributed by atoms with van der Waals surface area (Å²) in [7, 11) is 0. The first-order chi connectivity index (χ1) is 11.0. The van der Waals surface area contributed by atoms with Crippen LogP contribution in [0.25, 0.3) is 0 Å². The Morgan fingerprint density at radius 3 is 2.83 bits per heavy atom. The quantitative estimate of drug-likeness (QED) is 0.764. The third kappa shape index (κ3) is 5.28. The second-order valence-electron chi connectivity index (χ2n) is 6.40. The number of aromatic nitrogens is 2.